The van der Waals surface area contributed by atoms with Crippen molar-refractivity contribution in [2.75, 3.05) is 31.2 Å². The summed E-state index contributed by atoms with van der Waals surface area (Å²) in [5.41, 5.74) is 2.49. The predicted octanol–water partition coefficient (Wildman–Crippen LogP) is 2.13. The molecule has 0 saturated carbocycles. The SMILES string of the molecule is CC(C)c1nn(C)c(N2CCOCC2)c1CNCc1nccs1. The van der Waals surface area contributed by atoms with Crippen LogP contribution in [-0.2, 0) is 24.9 Å². The van der Waals surface area contributed by atoms with Crippen molar-refractivity contribution in [1.82, 2.24) is 20.1 Å². The van der Waals surface area contributed by atoms with Gasteiger partial charge in [-0.15, -0.1) is 11.3 Å². The molecule has 0 amide bonds. The van der Waals surface area contributed by atoms with Gasteiger partial charge in [-0.1, -0.05) is 13.8 Å². The monoisotopic (exact) mass is 335 g/mol. The highest BCUT2D eigenvalue weighted by atomic mass is 32.1. The number of hydrogen-bond donors (Lipinski definition) is 1. The topological polar surface area (TPSA) is 55.2 Å². The average Bonchev–Trinajstić information content (AvgIpc) is 3.16. The van der Waals surface area contributed by atoms with E-state index < -0.39 is 0 Å². The molecule has 6 nitrogen and oxygen atoms in total. The van der Waals surface area contributed by atoms with Gasteiger partial charge in [-0.25, -0.2) is 4.98 Å². The number of nitrogens with zero attached hydrogens (tertiary/aromatic N) is 4. The lowest BCUT2D eigenvalue weighted by atomic mass is 10.1. The molecular formula is C16H25N5OS. The molecular weight excluding hydrogens is 310 g/mol. The molecule has 2 aromatic rings. The van der Waals surface area contributed by atoms with E-state index in [0.29, 0.717) is 5.92 Å². The first-order valence-electron chi connectivity index (χ1n) is 8.14. The largest absolute Gasteiger partial charge is 0.378 e. The molecule has 0 bridgehead atoms. The van der Waals surface area contributed by atoms with Gasteiger partial charge in [0.15, 0.2) is 0 Å². The quantitative estimate of drug-likeness (QED) is 0.876. The molecule has 1 aliphatic heterocycles. The van der Waals surface area contributed by atoms with E-state index in [9.17, 15) is 0 Å². The molecule has 3 heterocycles. The lowest BCUT2D eigenvalue weighted by Crippen LogP contribution is -2.38. The molecule has 126 valence electrons. The fourth-order valence-corrected chi connectivity index (χ4v) is 3.60. The van der Waals surface area contributed by atoms with Crippen LogP contribution in [0.3, 0.4) is 0 Å². The number of nitrogens with one attached hydrogen (secondary N) is 1. The Labute approximate surface area is 141 Å². The molecule has 1 saturated heterocycles. The second-order valence-corrected chi connectivity index (χ2v) is 7.07. The maximum Gasteiger partial charge on any atom is 0.131 e. The fourth-order valence-electron chi connectivity index (χ4n) is 3.02. The van der Waals surface area contributed by atoms with E-state index in [1.807, 2.05) is 23.3 Å². The van der Waals surface area contributed by atoms with Crippen LogP contribution in [0.5, 0.6) is 0 Å². The molecule has 7 heteroatoms. The van der Waals surface area contributed by atoms with Crippen molar-refractivity contribution in [2.45, 2.75) is 32.9 Å². The Bertz CT molecular complexity index is 617. The third-order valence-electron chi connectivity index (χ3n) is 4.06. The van der Waals surface area contributed by atoms with Crippen molar-refractivity contribution in [3.63, 3.8) is 0 Å². The van der Waals surface area contributed by atoms with E-state index in [0.717, 1.165) is 44.4 Å². The van der Waals surface area contributed by atoms with Gasteiger partial charge >= 0.3 is 0 Å². The lowest BCUT2D eigenvalue weighted by molar-refractivity contribution is 0.122. The van der Waals surface area contributed by atoms with Crippen LogP contribution in [0.25, 0.3) is 0 Å². The second-order valence-electron chi connectivity index (χ2n) is 6.09. The Morgan fingerprint density at radius 3 is 2.74 bits per heavy atom. The van der Waals surface area contributed by atoms with Gasteiger partial charge in [-0.2, -0.15) is 5.10 Å². The van der Waals surface area contributed by atoms with E-state index in [-0.39, 0.29) is 0 Å². The van der Waals surface area contributed by atoms with Crippen LogP contribution in [0.15, 0.2) is 11.6 Å². The summed E-state index contributed by atoms with van der Waals surface area (Å²) in [7, 11) is 2.04. The van der Waals surface area contributed by atoms with Gasteiger partial charge in [0.2, 0.25) is 0 Å². The zero-order valence-electron chi connectivity index (χ0n) is 14.1. The average molecular weight is 335 g/mol. The smallest absolute Gasteiger partial charge is 0.131 e. The van der Waals surface area contributed by atoms with Gasteiger partial charge < -0.3 is 15.0 Å². The van der Waals surface area contributed by atoms with Crippen LogP contribution in [0.2, 0.25) is 0 Å². The van der Waals surface area contributed by atoms with E-state index in [1.54, 1.807) is 11.3 Å². The third-order valence-corrected chi connectivity index (χ3v) is 4.84. The molecule has 0 spiro atoms. The molecule has 1 fully saturated rings. The summed E-state index contributed by atoms with van der Waals surface area (Å²) in [4.78, 5) is 6.72. The van der Waals surface area contributed by atoms with Crippen LogP contribution in [0.1, 0.15) is 36.0 Å². The van der Waals surface area contributed by atoms with Crippen LogP contribution < -0.4 is 10.2 Å². The van der Waals surface area contributed by atoms with E-state index in [2.05, 4.69) is 29.0 Å². The Morgan fingerprint density at radius 2 is 2.09 bits per heavy atom. The first-order chi connectivity index (χ1) is 11.2. The fraction of sp³-hybridized carbons (Fsp3) is 0.625. The number of anilines is 1. The number of aryl methyl sites for hydroxylation is 1. The molecule has 0 radical (unpaired) electrons. The van der Waals surface area contributed by atoms with E-state index in [4.69, 9.17) is 9.84 Å². The molecule has 0 aliphatic carbocycles. The van der Waals surface area contributed by atoms with Crippen molar-refractivity contribution in [1.29, 1.82) is 0 Å². The zero-order valence-corrected chi connectivity index (χ0v) is 14.9. The van der Waals surface area contributed by atoms with Crippen molar-refractivity contribution in [3.05, 3.63) is 27.8 Å². The molecule has 23 heavy (non-hydrogen) atoms. The van der Waals surface area contributed by atoms with Gasteiger partial charge in [0.25, 0.3) is 0 Å². The summed E-state index contributed by atoms with van der Waals surface area (Å²) in [5.74, 6) is 1.64. The van der Waals surface area contributed by atoms with Gasteiger partial charge in [0.1, 0.15) is 10.8 Å². The summed E-state index contributed by atoms with van der Waals surface area (Å²) in [5, 5.41) is 11.4. The summed E-state index contributed by atoms with van der Waals surface area (Å²) < 4.78 is 7.52. The first kappa shape index (κ1) is 16.4. The van der Waals surface area contributed by atoms with Gasteiger partial charge in [-0.3, -0.25) is 4.68 Å². The van der Waals surface area contributed by atoms with Crippen LogP contribution >= 0.6 is 11.3 Å². The number of thiazole rings is 1. The summed E-state index contributed by atoms with van der Waals surface area (Å²) >= 11 is 1.68. The van der Waals surface area contributed by atoms with Gasteiger partial charge in [0, 0.05) is 50.4 Å². The zero-order chi connectivity index (χ0) is 16.2. The molecule has 0 atom stereocenters. The Morgan fingerprint density at radius 1 is 1.30 bits per heavy atom. The highest BCUT2D eigenvalue weighted by Gasteiger charge is 2.23. The molecule has 1 N–H and O–H groups in total. The second kappa shape index (κ2) is 7.42. The third kappa shape index (κ3) is 3.73. The van der Waals surface area contributed by atoms with Crippen LogP contribution in [0.4, 0.5) is 5.82 Å². The number of hydrogen-bond acceptors (Lipinski definition) is 6. The van der Waals surface area contributed by atoms with Crippen LogP contribution in [-0.4, -0.2) is 41.1 Å². The maximum absolute atomic E-state index is 5.49. The predicted molar refractivity (Wildman–Crippen MR) is 93.0 cm³/mol. The van der Waals surface area contributed by atoms with E-state index in [1.165, 1.54) is 17.1 Å². The molecule has 3 rings (SSSR count). The maximum atomic E-state index is 5.49. The molecule has 2 aromatic heterocycles. The first-order valence-corrected chi connectivity index (χ1v) is 9.02. The van der Waals surface area contributed by atoms with Gasteiger partial charge in [0.05, 0.1) is 18.9 Å². The Hall–Kier alpha value is -1.44. The molecule has 0 unspecified atom stereocenters. The van der Waals surface area contributed by atoms with Crippen molar-refractivity contribution >= 4 is 17.2 Å². The van der Waals surface area contributed by atoms with Gasteiger partial charge in [-0.05, 0) is 5.92 Å². The Balaban J connectivity index is 1.79. The van der Waals surface area contributed by atoms with Crippen molar-refractivity contribution in [2.24, 2.45) is 7.05 Å². The van der Waals surface area contributed by atoms with Crippen molar-refractivity contribution in [3.8, 4) is 0 Å². The highest BCUT2D eigenvalue weighted by Crippen LogP contribution is 2.29. The molecule has 0 aromatic carbocycles. The van der Waals surface area contributed by atoms with E-state index >= 15 is 0 Å². The highest BCUT2D eigenvalue weighted by molar-refractivity contribution is 7.09. The number of aromatic nitrogens is 3. The lowest BCUT2D eigenvalue weighted by Gasteiger charge is -2.29. The summed E-state index contributed by atoms with van der Waals surface area (Å²) in [6.45, 7) is 9.45. The minimum Gasteiger partial charge on any atom is -0.378 e. The number of rotatable bonds is 6. The summed E-state index contributed by atoms with van der Waals surface area (Å²) in [6.07, 6.45) is 1.85. The molecule has 1 aliphatic rings. The summed E-state index contributed by atoms with van der Waals surface area (Å²) in [6, 6.07) is 0. The minimum absolute atomic E-state index is 0.410. The normalized spacial score (nSPS) is 15.6. The standard InChI is InChI=1S/C16H25N5OS/c1-12(2)15-13(10-17-11-14-18-4-9-23-14)16(20(3)19-15)21-5-7-22-8-6-21/h4,9,12,17H,5-8,10-11H2,1-3H3. The number of morpholine rings is 1. The Kier molecular flexibility index (Phi) is 5.30. The van der Waals surface area contributed by atoms with Crippen molar-refractivity contribution < 1.29 is 4.74 Å². The minimum atomic E-state index is 0.410. The number of ether oxygens (including phenoxy) is 1. The van der Waals surface area contributed by atoms with Crippen LogP contribution in [0, 0.1) is 0 Å².